The molecule has 2 atom stereocenters. The first-order valence-corrected chi connectivity index (χ1v) is 8.68. The van der Waals surface area contributed by atoms with Crippen molar-refractivity contribution >= 4 is 11.7 Å². The molecular formula is C20H20F2N2O3. The molecule has 5 nitrogen and oxygen atoms in total. The van der Waals surface area contributed by atoms with E-state index >= 15 is 0 Å². The molecule has 1 amide bonds. The van der Waals surface area contributed by atoms with Gasteiger partial charge in [0.05, 0.1) is 7.11 Å². The van der Waals surface area contributed by atoms with Gasteiger partial charge >= 0.3 is 0 Å². The van der Waals surface area contributed by atoms with Gasteiger partial charge in [-0.25, -0.2) is 8.78 Å². The number of aromatic nitrogens is 1. The zero-order valence-corrected chi connectivity index (χ0v) is 14.9. The van der Waals surface area contributed by atoms with E-state index in [0.717, 1.165) is 17.7 Å². The van der Waals surface area contributed by atoms with E-state index in [1.807, 2.05) is 0 Å². The summed E-state index contributed by atoms with van der Waals surface area (Å²) in [7, 11) is 1.32. The Balaban J connectivity index is 1.81. The minimum absolute atomic E-state index is 0.0540. The molecule has 27 heavy (non-hydrogen) atoms. The summed E-state index contributed by atoms with van der Waals surface area (Å²) in [5, 5.41) is 2.69. The number of piperidine rings is 1. The highest BCUT2D eigenvalue weighted by atomic mass is 19.1. The van der Waals surface area contributed by atoms with E-state index in [0.29, 0.717) is 0 Å². The van der Waals surface area contributed by atoms with Crippen molar-refractivity contribution in [3.8, 4) is 5.75 Å². The Morgan fingerprint density at radius 1 is 1.26 bits per heavy atom. The molecule has 7 heteroatoms. The van der Waals surface area contributed by atoms with E-state index in [2.05, 4.69) is 10.3 Å². The predicted molar refractivity (Wildman–Crippen MR) is 94.3 cm³/mol. The van der Waals surface area contributed by atoms with Crippen molar-refractivity contribution in [1.82, 2.24) is 10.3 Å². The average molecular weight is 374 g/mol. The molecule has 0 spiro atoms. The number of benzene rings is 1. The van der Waals surface area contributed by atoms with Crippen LogP contribution in [0.4, 0.5) is 8.78 Å². The van der Waals surface area contributed by atoms with Gasteiger partial charge in [-0.3, -0.25) is 14.6 Å². The fourth-order valence-electron chi connectivity index (χ4n) is 3.50. The normalized spacial score (nSPS) is 19.4. The molecule has 1 aliphatic rings. The summed E-state index contributed by atoms with van der Waals surface area (Å²) in [6.07, 6.45) is 3.49. The molecule has 1 aromatic heterocycles. The molecule has 1 unspecified atom stereocenters. The highest BCUT2D eigenvalue weighted by molar-refractivity contribution is 5.82. The number of halogens is 2. The lowest BCUT2D eigenvalue weighted by Crippen LogP contribution is -2.41. The van der Waals surface area contributed by atoms with Crippen molar-refractivity contribution in [2.75, 3.05) is 13.7 Å². The topological polar surface area (TPSA) is 68.3 Å². The minimum Gasteiger partial charge on any atom is -0.497 e. The molecule has 0 bridgehead atoms. The summed E-state index contributed by atoms with van der Waals surface area (Å²) in [6.45, 7) is 0.205. The van der Waals surface area contributed by atoms with Crippen LogP contribution in [0.5, 0.6) is 5.75 Å². The maximum absolute atomic E-state index is 14.5. The van der Waals surface area contributed by atoms with E-state index in [-0.39, 0.29) is 54.7 Å². The van der Waals surface area contributed by atoms with Gasteiger partial charge in [-0.15, -0.1) is 0 Å². The van der Waals surface area contributed by atoms with Gasteiger partial charge in [0.15, 0.2) is 0 Å². The van der Waals surface area contributed by atoms with Gasteiger partial charge in [0.1, 0.15) is 23.2 Å². The fourth-order valence-corrected chi connectivity index (χ4v) is 3.50. The van der Waals surface area contributed by atoms with Crippen LogP contribution in [0.25, 0.3) is 0 Å². The Morgan fingerprint density at radius 2 is 1.93 bits per heavy atom. The molecule has 3 rings (SSSR count). The number of Topliss-reactive ketones (excluding diaryl/α,β-unsaturated/α-hetero) is 1. The number of ketones is 1. The lowest BCUT2D eigenvalue weighted by molar-refractivity contribution is -0.125. The maximum Gasteiger partial charge on any atom is 0.220 e. The number of hydrogen-bond donors (Lipinski definition) is 1. The van der Waals surface area contributed by atoms with Crippen molar-refractivity contribution in [3.63, 3.8) is 0 Å². The molecule has 0 aliphatic carbocycles. The summed E-state index contributed by atoms with van der Waals surface area (Å²) in [5.41, 5.74) is 0.667. The summed E-state index contributed by atoms with van der Waals surface area (Å²) < 4.78 is 33.9. The minimum atomic E-state index is -0.766. The van der Waals surface area contributed by atoms with E-state index in [1.54, 1.807) is 24.5 Å². The second kappa shape index (κ2) is 8.24. The summed E-state index contributed by atoms with van der Waals surface area (Å²) in [6, 6.07) is 5.70. The largest absolute Gasteiger partial charge is 0.497 e. The standard InChI is InChI=1S/C20H20F2N2O3/c1-27-15-8-17(21)20(18(22)9-15)16-10-19(26)24-11-13(16)7-14(25)6-12-2-4-23-5-3-12/h2-5,8-9,13,16H,6-7,10-11H2,1H3,(H,24,26)/t13-,16?/m1/s1. The Kier molecular flexibility index (Phi) is 5.78. The number of carbonyl (C=O) groups excluding carboxylic acids is 2. The maximum atomic E-state index is 14.5. The first-order valence-electron chi connectivity index (χ1n) is 8.68. The van der Waals surface area contributed by atoms with Crippen LogP contribution in [0, 0.1) is 17.6 Å². The third kappa shape index (κ3) is 4.48. The number of pyridine rings is 1. The third-order valence-electron chi connectivity index (χ3n) is 4.84. The van der Waals surface area contributed by atoms with Crippen molar-refractivity contribution in [2.45, 2.75) is 25.2 Å². The van der Waals surface area contributed by atoms with E-state index in [1.165, 1.54) is 7.11 Å². The van der Waals surface area contributed by atoms with Crippen molar-refractivity contribution in [3.05, 3.63) is 59.4 Å². The third-order valence-corrected chi connectivity index (χ3v) is 4.84. The molecule has 0 saturated carbocycles. The van der Waals surface area contributed by atoms with E-state index in [9.17, 15) is 18.4 Å². The molecule has 1 aliphatic heterocycles. The zero-order valence-electron chi connectivity index (χ0n) is 14.9. The van der Waals surface area contributed by atoms with Gasteiger partial charge < -0.3 is 10.1 Å². The number of nitrogens with zero attached hydrogens (tertiary/aromatic N) is 1. The van der Waals surface area contributed by atoms with Gasteiger partial charge in [0.2, 0.25) is 5.91 Å². The van der Waals surface area contributed by atoms with Crippen LogP contribution in [0.2, 0.25) is 0 Å². The van der Waals surface area contributed by atoms with Crippen LogP contribution in [0.1, 0.15) is 29.9 Å². The monoisotopic (exact) mass is 374 g/mol. The predicted octanol–water partition coefficient (Wildman–Crippen LogP) is 2.79. The molecule has 1 fully saturated rings. The smallest absolute Gasteiger partial charge is 0.220 e. The van der Waals surface area contributed by atoms with E-state index < -0.39 is 17.6 Å². The van der Waals surface area contributed by atoms with Crippen LogP contribution in [-0.4, -0.2) is 30.3 Å². The van der Waals surface area contributed by atoms with Crippen LogP contribution in [-0.2, 0) is 16.0 Å². The Hall–Kier alpha value is -2.83. The molecular weight excluding hydrogens is 354 g/mol. The van der Waals surface area contributed by atoms with Gasteiger partial charge in [0, 0.05) is 61.8 Å². The molecule has 1 aromatic carbocycles. The lowest BCUT2D eigenvalue weighted by Gasteiger charge is -2.32. The molecule has 2 aromatic rings. The SMILES string of the molecule is COc1cc(F)c(C2CC(=O)NC[C@H]2CC(=O)Cc2ccncc2)c(F)c1. The van der Waals surface area contributed by atoms with Crippen molar-refractivity contribution in [2.24, 2.45) is 5.92 Å². The van der Waals surface area contributed by atoms with Gasteiger partial charge in [-0.2, -0.15) is 0 Å². The van der Waals surface area contributed by atoms with Gasteiger partial charge in [-0.05, 0) is 23.6 Å². The quantitative estimate of drug-likeness (QED) is 0.844. The highest BCUT2D eigenvalue weighted by Crippen LogP contribution is 2.37. The molecule has 1 N–H and O–H groups in total. The van der Waals surface area contributed by atoms with E-state index in [4.69, 9.17) is 4.74 Å². The fraction of sp³-hybridized carbons (Fsp3) is 0.350. The number of nitrogens with one attached hydrogen (secondary N) is 1. The number of rotatable bonds is 6. The van der Waals surface area contributed by atoms with Crippen molar-refractivity contribution < 1.29 is 23.1 Å². The number of ether oxygens (including phenoxy) is 1. The second-order valence-corrected chi connectivity index (χ2v) is 6.65. The summed E-state index contributed by atoms with van der Waals surface area (Å²) in [5.74, 6) is -2.88. The molecule has 2 heterocycles. The average Bonchev–Trinajstić information content (AvgIpc) is 2.64. The van der Waals surface area contributed by atoms with Crippen molar-refractivity contribution in [1.29, 1.82) is 0 Å². The lowest BCUT2D eigenvalue weighted by atomic mass is 9.77. The number of methoxy groups -OCH3 is 1. The highest BCUT2D eigenvalue weighted by Gasteiger charge is 2.35. The Morgan fingerprint density at radius 3 is 2.56 bits per heavy atom. The van der Waals surface area contributed by atoms with Crippen LogP contribution < -0.4 is 10.1 Å². The Bertz CT molecular complexity index is 819. The molecule has 0 radical (unpaired) electrons. The molecule has 142 valence electrons. The summed E-state index contributed by atoms with van der Waals surface area (Å²) in [4.78, 5) is 28.2. The second-order valence-electron chi connectivity index (χ2n) is 6.65. The first kappa shape index (κ1) is 18.9. The Labute approximate surface area is 155 Å². The molecule has 1 saturated heterocycles. The van der Waals surface area contributed by atoms with Crippen LogP contribution >= 0.6 is 0 Å². The first-order chi connectivity index (χ1) is 13.0. The number of carbonyl (C=O) groups is 2. The van der Waals surface area contributed by atoms with Crippen LogP contribution in [0.15, 0.2) is 36.7 Å². The number of amides is 1. The van der Waals surface area contributed by atoms with Gasteiger partial charge in [-0.1, -0.05) is 0 Å². The zero-order chi connectivity index (χ0) is 19.4. The van der Waals surface area contributed by atoms with Gasteiger partial charge in [0.25, 0.3) is 0 Å². The van der Waals surface area contributed by atoms with Crippen LogP contribution in [0.3, 0.4) is 0 Å². The summed E-state index contributed by atoms with van der Waals surface area (Å²) >= 11 is 0. The number of hydrogen-bond acceptors (Lipinski definition) is 4.